The molecule has 7 nitrogen and oxygen atoms in total. The second-order valence-corrected chi connectivity index (χ2v) is 4.87. The number of hydrogen-bond acceptors (Lipinski definition) is 5. The Bertz CT molecular complexity index is 492. The summed E-state index contributed by atoms with van der Waals surface area (Å²) in [6.07, 6.45) is 3.59. The minimum Gasteiger partial charge on any atom is -0.464 e. The van der Waals surface area contributed by atoms with E-state index in [0.29, 0.717) is 12.1 Å². The molecule has 7 heteroatoms. The van der Waals surface area contributed by atoms with Crippen LogP contribution in [-0.4, -0.2) is 52.0 Å². The predicted molar refractivity (Wildman–Crippen MR) is 71.2 cm³/mol. The SMILES string of the molecule is CCCc1c(C(=O)OC)nnn1CC(=O)N1CCCC1. The van der Waals surface area contributed by atoms with Crippen molar-refractivity contribution in [3.63, 3.8) is 0 Å². The first-order valence-corrected chi connectivity index (χ1v) is 6.95. The van der Waals surface area contributed by atoms with Gasteiger partial charge in [-0.2, -0.15) is 0 Å². The Morgan fingerprint density at radius 1 is 1.30 bits per heavy atom. The van der Waals surface area contributed by atoms with Gasteiger partial charge in [0.15, 0.2) is 5.69 Å². The first kappa shape index (κ1) is 14.5. The maximum atomic E-state index is 12.1. The number of aromatic nitrogens is 3. The number of esters is 1. The first-order valence-electron chi connectivity index (χ1n) is 6.95. The van der Waals surface area contributed by atoms with Gasteiger partial charge in [0.1, 0.15) is 6.54 Å². The number of likely N-dealkylation sites (tertiary alicyclic amines) is 1. The Morgan fingerprint density at radius 3 is 2.60 bits per heavy atom. The van der Waals surface area contributed by atoms with Gasteiger partial charge in [0, 0.05) is 13.1 Å². The summed E-state index contributed by atoms with van der Waals surface area (Å²) >= 11 is 0. The Labute approximate surface area is 117 Å². The molecule has 2 heterocycles. The highest BCUT2D eigenvalue weighted by Crippen LogP contribution is 2.12. The quantitative estimate of drug-likeness (QED) is 0.740. The Hall–Kier alpha value is -1.92. The number of hydrogen-bond donors (Lipinski definition) is 0. The fraction of sp³-hybridized carbons (Fsp3) is 0.692. The molecule has 0 N–H and O–H groups in total. The molecule has 0 radical (unpaired) electrons. The van der Waals surface area contributed by atoms with E-state index in [4.69, 9.17) is 4.74 Å². The smallest absolute Gasteiger partial charge is 0.360 e. The zero-order valence-electron chi connectivity index (χ0n) is 12.0. The highest BCUT2D eigenvalue weighted by Gasteiger charge is 2.23. The summed E-state index contributed by atoms with van der Waals surface area (Å²) in [6.45, 7) is 3.75. The number of carbonyl (C=O) groups is 2. The summed E-state index contributed by atoms with van der Waals surface area (Å²) in [4.78, 5) is 25.6. The molecule has 0 saturated carbocycles. The van der Waals surface area contributed by atoms with E-state index in [0.717, 1.165) is 32.4 Å². The van der Waals surface area contributed by atoms with E-state index in [-0.39, 0.29) is 18.1 Å². The zero-order chi connectivity index (χ0) is 14.5. The number of ether oxygens (including phenoxy) is 1. The van der Waals surface area contributed by atoms with Crippen molar-refractivity contribution in [2.24, 2.45) is 0 Å². The molecule has 20 heavy (non-hydrogen) atoms. The van der Waals surface area contributed by atoms with Gasteiger partial charge >= 0.3 is 5.97 Å². The van der Waals surface area contributed by atoms with Crippen LogP contribution in [0.3, 0.4) is 0 Å². The lowest BCUT2D eigenvalue weighted by Gasteiger charge is -2.15. The maximum absolute atomic E-state index is 12.1. The third-order valence-corrected chi connectivity index (χ3v) is 3.45. The lowest BCUT2D eigenvalue weighted by molar-refractivity contribution is -0.131. The van der Waals surface area contributed by atoms with Crippen molar-refractivity contribution in [2.75, 3.05) is 20.2 Å². The molecule has 1 aromatic rings. The van der Waals surface area contributed by atoms with Gasteiger partial charge in [-0.1, -0.05) is 18.6 Å². The second kappa shape index (κ2) is 6.49. The van der Waals surface area contributed by atoms with E-state index < -0.39 is 5.97 Å². The minimum atomic E-state index is -0.506. The van der Waals surface area contributed by atoms with Gasteiger partial charge in [0.05, 0.1) is 12.8 Å². The maximum Gasteiger partial charge on any atom is 0.360 e. The van der Waals surface area contributed by atoms with Crippen molar-refractivity contribution in [2.45, 2.75) is 39.2 Å². The van der Waals surface area contributed by atoms with E-state index in [1.54, 1.807) is 0 Å². The van der Waals surface area contributed by atoms with Crippen LogP contribution in [0.2, 0.25) is 0 Å². The summed E-state index contributed by atoms with van der Waals surface area (Å²) in [5.74, 6) is -0.477. The molecule has 0 bridgehead atoms. The number of methoxy groups -OCH3 is 1. The van der Waals surface area contributed by atoms with Crippen LogP contribution in [0.25, 0.3) is 0 Å². The number of nitrogens with zero attached hydrogens (tertiary/aromatic N) is 4. The number of rotatable bonds is 5. The molecule has 110 valence electrons. The topological polar surface area (TPSA) is 77.3 Å². The average molecular weight is 280 g/mol. The first-order chi connectivity index (χ1) is 9.67. The van der Waals surface area contributed by atoms with Crippen LogP contribution in [0.4, 0.5) is 0 Å². The molecule has 0 atom stereocenters. The minimum absolute atomic E-state index is 0.0289. The van der Waals surface area contributed by atoms with Gasteiger partial charge in [0.2, 0.25) is 5.91 Å². The third kappa shape index (κ3) is 2.97. The van der Waals surface area contributed by atoms with E-state index in [9.17, 15) is 9.59 Å². The van der Waals surface area contributed by atoms with Crippen molar-refractivity contribution in [3.05, 3.63) is 11.4 Å². The Balaban J connectivity index is 2.16. The van der Waals surface area contributed by atoms with Gasteiger partial charge in [-0.15, -0.1) is 5.10 Å². The number of amides is 1. The van der Waals surface area contributed by atoms with Crippen molar-refractivity contribution < 1.29 is 14.3 Å². The fourth-order valence-corrected chi connectivity index (χ4v) is 2.39. The number of carbonyl (C=O) groups excluding carboxylic acids is 2. The lowest BCUT2D eigenvalue weighted by Crippen LogP contribution is -2.32. The molecule has 1 fully saturated rings. The van der Waals surface area contributed by atoms with Gasteiger partial charge in [-0.25, -0.2) is 9.48 Å². The summed E-state index contributed by atoms with van der Waals surface area (Å²) < 4.78 is 6.22. The molecule has 0 aliphatic carbocycles. The summed E-state index contributed by atoms with van der Waals surface area (Å²) in [7, 11) is 1.31. The summed E-state index contributed by atoms with van der Waals surface area (Å²) in [5, 5.41) is 7.79. The fourth-order valence-electron chi connectivity index (χ4n) is 2.39. The molecule has 0 unspecified atom stereocenters. The van der Waals surface area contributed by atoms with Gasteiger partial charge < -0.3 is 9.64 Å². The van der Waals surface area contributed by atoms with Crippen molar-refractivity contribution in [3.8, 4) is 0 Å². The third-order valence-electron chi connectivity index (χ3n) is 3.45. The zero-order valence-corrected chi connectivity index (χ0v) is 12.0. The van der Waals surface area contributed by atoms with E-state index in [1.807, 2.05) is 11.8 Å². The standard InChI is InChI=1S/C13H20N4O3/c1-3-6-10-12(13(19)20-2)14-15-17(10)9-11(18)16-7-4-5-8-16/h3-9H2,1-2H3. The van der Waals surface area contributed by atoms with Crippen LogP contribution in [0.1, 0.15) is 42.4 Å². The molecule has 1 aromatic heterocycles. The molecule has 1 saturated heterocycles. The van der Waals surface area contributed by atoms with Crippen molar-refractivity contribution >= 4 is 11.9 Å². The van der Waals surface area contributed by atoms with Crippen LogP contribution < -0.4 is 0 Å². The van der Waals surface area contributed by atoms with Crippen LogP contribution in [0.5, 0.6) is 0 Å². The normalized spacial score (nSPS) is 14.6. The van der Waals surface area contributed by atoms with Crippen LogP contribution in [0, 0.1) is 0 Å². The largest absolute Gasteiger partial charge is 0.464 e. The van der Waals surface area contributed by atoms with Crippen LogP contribution in [0.15, 0.2) is 0 Å². The van der Waals surface area contributed by atoms with Gasteiger partial charge in [0.25, 0.3) is 0 Å². The molecule has 2 rings (SSSR count). The molecule has 0 spiro atoms. The van der Waals surface area contributed by atoms with Gasteiger partial charge in [-0.3, -0.25) is 4.79 Å². The summed E-state index contributed by atoms with van der Waals surface area (Å²) in [5.41, 5.74) is 0.885. The molecule has 1 amide bonds. The molecular weight excluding hydrogens is 260 g/mol. The van der Waals surface area contributed by atoms with E-state index >= 15 is 0 Å². The van der Waals surface area contributed by atoms with E-state index in [1.165, 1.54) is 11.8 Å². The van der Waals surface area contributed by atoms with Crippen LogP contribution in [-0.2, 0) is 22.5 Å². The molecule has 1 aliphatic heterocycles. The Kier molecular flexibility index (Phi) is 4.70. The van der Waals surface area contributed by atoms with E-state index in [2.05, 4.69) is 10.3 Å². The Morgan fingerprint density at radius 2 is 2.00 bits per heavy atom. The predicted octanol–water partition coefficient (Wildman–Crippen LogP) is 0.640. The monoisotopic (exact) mass is 280 g/mol. The summed E-state index contributed by atoms with van der Waals surface area (Å²) in [6, 6.07) is 0. The molecule has 1 aliphatic rings. The van der Waals surface area contributed by atoms with Gasteiger partial charge in [-0.05, 0) is 19.3 Å². The molecular formula is C13H20N4O3. The molecule has 0 aromatic carbocycles. The average Bonchev–Trinajstić information content (AvgIpc) is 3.09. The highest BCUT2D eigenvalue weighted by molar-refractivity contribution is 5.88. The second-order valence-electron chi connectivity index (χ2n) is 4.87. The highest BCUT2D eigenvalue weighted by atomic mass is 16.5. The van der Waals surface area contributed by atoms with Crippen molar-refractivity contribution in [1.29, 1.82) is 0 Å². The van der Waals surface area contributed by atoms with Crippen LogP contribution >= 0.6 is 0 Å². The lowest BCUT2D eigenvalue weighted by atomic mass is 10.2. The van der Waals surface area contributed by atoms with Crippen molar-refractivity contribution in [1.82, 2.24) is 19.9 Å².